The Labute approximate surface area is 87.6 Å². The largest absolute Gasteiger partial charge is 0.355 e. The lowest BCUT2D eigenvalue weighted by Gasteiger charge is -2.08. The van der Waals surface area contributed by atoms with Gasteiger partial charge in [0.1, 0.15) is 0 Å². The molecule has 0 saturated carbocycles. The number of carbonyl (C=O) groups is 1. The van der Waals surface area contributed by atoms with Crippen LogP contribution in [0.4, 0.5) is 0 Å². The van der Waals surface area contributed by atoms with Gasteiger partial charge in [-0.1, -0.05) is 33.6 Å². The maximum atomic E-state index is 11.2. The van der Waals surface area contributed by atoms with Crippen molar-refractivity contribution in [1.82, 2.24) is 10.6 Å². The molecule has 3 nitrogen and oxygen atoms in total. The van der Waals surface area contributed by atoms with E-state index in [4.69, 9.17) is 0 Å². The number of rotatable bonds is 8. The standard InChI is InChI=1S/C11H24N2O/c1-4-5-6-7-11(14)13-9-8-12-10(2)3/h10,12H,4-9H2,1-3H3,(H,13,14). The van der Waals surface area contributed by atoms with Crippen molar-refractivity contribution in [2.45, 2.75) is 52.5 Å². The fourth-order valence-corrected chi connectivity index (χ4v) is 1.19. The van der Waals surface area contributed by atoms with Crippen LogP contribution in [0.5, 0.6) is 0 Å². The smallest absolute Gasteiger partial charge is 0.220 e. The van der Waals surface area contributed by atoms with Gasteiger partial charge < -0.3 is 10.6 Å². The first kappa shape index (κ1) is 13.4. The van der Waals surface area contributed by atoms with Gasteiger partial charge in [0.05, 0.1) is 0 Å². The Morgan fingerprint density at radius 2 is 1.93 bits per heavy atom. The summed E-state index contributed by atoms with van der Waals surface area (Å²) in [5.41, 5.74) is 0. The topological polar surface area (TPSA) is 41.1 Å². The second-order valence-electron chi connectivity index (χ2n) is 3.92. The van der Waals surface area contributed by atoms with Crippen molar-refractivity contribution in [2.24, 2.45) is 0 Å². The zero-order valence-corrected chi connectivity index (χ0v) is 9.73. The lowest BCUT2D eigenvalue weighted by Crippen LogP contribution is -2.34. The molecule has 14 heavy (non-hydrogen) atoms. The highest BCUT2D eigenvalue weighted by atomic mass is 16.1. The van der Waals surface area contributed by atoms with E-state index in [-0.39, 0.29) is 5.91 Å². The van der Waals surface area contributed by atoms with Crippen molar-refractivity contribution in [3.63, 3.8) is 0 Å². The van der Waals surface area contributed by atoms with E-state index < -0.39 is 0 Å². The summed E-state index contributed by atoms with van der Waals surface area (Å²) in [6, 6.07) is 0.493. The number of carbonyl (C=O) groups excluding carboxylic acids is 1. The van der Waals surface area contributed by atoms with Crippen LogP contribution in [0.2, 0.25) is 0 Å². The van der Waals surface area contributed by atoms with Crippen molar-refractivity contribution in [2.75, 3.05) is 13.1 Å². The van der Waals surface area contributed by atoms with Crippen molar-refractivity contribution >= 4 is 5.91 Å². The molecule has 0 bridgehead atoms. The van der Waals surface area contributed by atoms with Crippen LogP contribution in [0.15, 0.2) is 0 Å². The molecule has 1 amide bonds. The van der Waals surface area contributed by atoms with Crippen molar-refractivity contribution in [3.05, 3.63) is 0 Å². The lowest BCUT2D eigenvalue weighted by molar-refractivity contribution is -0.121. The van der Waals surface area contributed by atoms with Crippen LogP contribution >= 0.6 is 0 Å². The maximum absolute atomic E-state index is 11.2. The maximum Gasteiger partial charge on any atom is 0.220 e. The van der Waals surface area contributed by atoms with E-state index in [2.05, 4.69) is 31.4 Å². The minimum atomic E-state index is 0.184. The molecule has 0 atom stereocenters. The van der Waals surface area contributed by atoms with Gasteiger partial charge in [-0.3, -0.25) is 4.79 Å². The molecule has 84 valence electrons. The Kier molecular flexibility index (Phi) is 8.64. The molecule has 2 N–H and O–H groups in total. The molecule has 0 aliphatic rings. The Bertz CT molecular complexity index is 146. The second kappa shape index (κ2) is 9.00. The minimum absolute atomic E-state index is 0.184. The Morgan fingerprint density at radius 3 is 2.50 bits per heavy atom. The summed E-state index contributed by atoms with van der Waals surface area (Å²) in [7, 11) is 0. The molecule has 0 aromatic carbocycles. The minimum Gasteiger partial charge on any atom is -0.355 e. The molecule has 0 aromatic rings. The monoisotopic (exact) mass is 200 g/mol. The third-order valence-electron chi connectivity index (χ3n) is 2.01. The molecule has 3 heteroatoms. The second-order valence-corrected chi connectivity index (χ2v) is 3.92. The lowest BCUT2D eigenvalue weighted by atomic mass is 10.2. The molecule has 0 unspecified atom stereocenters. The van der Waals surface area contributed by atoms with Gasteiger partial charge in [-0.25, -0.2) is 0 Å². The van der Waals surface area contributed by atoms with Gasteiger partial charge in [0.2, 0.25) is 5.91 Å². The average Bonchev–Trinajstić information content (AvgIpc) is 2.13. The summed E-state index contributed by atoms with van der Waals surface area (Å²) >= 11 is 0. The van der Waals surface area contributed by atoms with E-state index in [0.717, 1.165) is 25.9 Å². The molecule has 0 saturated heterocycles. The third-order valence-corrected chi connectivity index (χ3v) is 2.01. The van der Waals surface area contributed by atoms with Crippen molar-refractivity contribution in [1.29, 1.82) is 0 Å². The van der Waals surface area contributed by atoms with Crippen LogP contribution in [-0.4, -0.2) is 25.0 Å². The highest BCUT2D eigenvalue weighted by molar-refractivity contribution is 5.75. The van der Waals surface area contributed by atoms with Crippen LogP contribution in [0.25, 0.3) is 0 Å². The SMILES string of the molecule is CCCCCC(=O)NCCNC(C)C. The molecule has 0 aliphatic carbocycles. The Morgan fingerprint density at radius 1 is 1.21 bits per heavy atom. The molecule has 0 radical (unpaired) electrons. The summed E-state index contributed by atoms with van der Waals surface area (Å²) in [5.74, 6) is 0.184. The fraction of sp³-hybridized carbons (Fsp3) is 0.909. The molecule has 0 fully saturated rings. The first-order valence-electron chi connectivity index (χ1n) is 5.67. The van der Waals surface area contributed by atoms with E-state index in [1.165, 1.54) is 6.42 Å². The van der Waals surface area contributed by atoms with Gasteiger partial charge >= 0.3 is 0 Å². The van der Waals surface area contributed by atoms with Crippen molar-refractivity contribution < 1.29 is 4.79 Å². The number of unbranched alkanes of at least 4 members (excludes halogenated alkanes) is 2. The van der Waals surface area contributed by atoms with Crippen LogP contribution in [0.3, 0.4) is 0 Å². The summed E-state index contributed by atoms with van der Waals surface area (Å²) in [6.07, 6.45) is 4.01. The van der Waals surface area contributed by atoms with Crippen LogP contribution in [0, 0.1) is 0 Å². The number of hydrogen-bond acceptors (Lipinski definition) is 2. The van der Waals surface area contributed by atoms with Gasteiger partial charge in [-0.05, 0) is 6.42 Å². The fourth-order valence-electron chi connectivity index (χ4n) is 1.19. The first-order chi connectivity index (χ1) is 6.66. The Balaban J connectivity index is 3.18. The van der Waals surface area contributed by atoms with E-state index >= 15 is 0 Å². The quantitative estimate of drug-likeness (QED) is 0.585. The molecule has 0 heterocycles. The summed E-state index contributed by atoms with van der Waals surface area (Å²) in [5, 5.41) is 6.15. The molecular formula is C11H24N2O. The molecule has 0 aromatic heterocycles. The highest BCUT2D eigenvalue weighted by Crippen LogP contribution is 1.97. The number of hydrogen-bond donors (Lipinski definition) is 2. The predicted molar refractivity (Wildman–Crippen MR) is 60.3 cm³/mol. The summed E-state index contributed by atoms with van der Waals surface area (Å²) < 4.78 is 0. The molecule has 0 spiro atoms. The number of nitrogens with one attached hydrogen (secondary N) is 2. The number of amides is 1. The first-order valence-corrected chi connectivity index (χ1v) is 5.67. The van der Waals surface area contributed by atoms with Gasteiger partial charge in [-0.2, -0.15) is 0 Å². The molecule has 0 rings (SSSR count). The van der Waals surface area contributed by atoms with Crippen molar-refractivity contribution in [3.8, 4) is 0 Å². The summed E-state index contributed by atoms with van der Waals surface area (Å²) in [6.45, 7) is 7.94. The van der Waals surface area contributed by atoms with E-state index in [0.29, 0.717) is 12.5 Å². The molecular weight excluding hydrogens is 176 g/mol. The van der Waals surface area contributed by atoms with Gasteiger partial charge in [0, 0.05) is 25.6 Å². The van der Waals surface area contributed by atoms with Gasteiger partial charge in [0.25, 0.3) is 0 Å². The summed E-state index contributed by atoms with van der Waals surface area (Å²) in [4.78, 5) is 11.2. The Hall–Kier alpha value is -0.570. The van der Waals surface area contributed by atoms with E-state index in [1.807, 2.05) is 0 Å². The van der Waals surface area contributed by atoms with E-state index in [9.17, 15) is 4.79 Å². The highest BCUT2D eigenvalue weighted by Gasteiger charge is 1.99. The van der Waals surface area contributed by atoms with Gasteiger partial charge in [-0.15, -0.1) is 0 Å². The van der Waals surface area contributed by atoms with E-state index in [1.54, 1.807) is 0 Å². The predicted octanol–water partition coefficient (Wildman–Crippen LogP) is 1.68. The average molecular weight is 200 g/mol. The van der Waals surface area contributed by atoms with Crippen LogP contribution in [0.1, 0.15) is 46.5 Å². The zero-order chi connectivity index (χ0) is 10.8. The van der Waals surface area contributed by atoms with Crippen LogP contribution < -0.4 is 10.6 Å². The normalized spacial score (nSPS) is 10.6. The van der Waals surface area contributed by atoms with Gasteiger partial charge in [0.15, 0.2) is 0 Å². The van der Waals surface area contributed by atoms with Crippen LogP contribution in [-0.2, 0) is 4.79 Å². The molecule has 0 aliphatic heterocycles. The zero-order valence-electron chi connectivity index (χ0n) is 9.73. The third kappa shape index (κ3) is 9.52.